The minimum atomic E-state index is -4.52. The number of alkyl halides is 3. The Hall–Kier alpha value is -3.30. The average molecular weight is 334 g/mol. The van der Waals surface area contributed by atoms with Gasteiger partial charge in [0.15, 0.2) is 5.82 Å². The number of nitrogens with one attached hydrogen (secondary N) is 1. The van der Waals surface area contributed by atoms with Crippen LogP contribution in [0.3, 0.4) is 0 Å². The highest BCUT2D eigenvalue weighted by Crippen LogP contribution is 2.29. The molecule has 0 unspecified atom stereocenters. The minimum Gasteiger partial charge on any atom is -0.306 e. The zero-order valence-corrected chi connectivity index (χ0v) is 11.9. The number of anilines is 1. The Kier molecular flexibility index (Phi) is 3.94. The van der Waals surface area contributed by atoms with Gasteiger partial charge < -0.3 is 5.32 Å². The summed E-state index contributed by atoms with van der Waals surface area (Å²) < 4.78 is 39.4. The van der Waals surface area contributed by atoms with Gasteiger partial charge in [-0.1, -0.05) is 6.07 Å². The number of hydrogen-bond acceptors (Lipinski definition) is 5. The van der Waals surface area contributed by atoms with E-state index < -0.39 is 17.6 Å². The highest BCUT2D eigenvalue weighted by Gasteiger charge is 2.30. The summed E-state index contributed by atoms with van der Waals surface area (Å²) >= 11 is 0. The number of carbonyl (C=O) groups excluding carboxylic acids is 1. The molecule has 1 aromatic carbocycles. The van der Waals surface area contributed by atoms with Gasteiger partial charge in [-0.3, -0.25) is 4.79 Å². The number of benzene rings is 1. The quantitative estimate of drug-likeness (QED) is 0.794. The fourth-order valence-corrected chi connectivity index (χ4v) is 1.89. The average Bonchev–Trinajstić information content (AvgIpc) is 3.09. The normalized spacial score (nSPS) is 11.3. The van der Waals surface area contributed by atoms with Crippen LogP contribution in [-0.2, 0) is 6.18 Å². The molecule has 0 radical (unpaired) electrons. The Balaban J connectivity index is 1.82. The SMILES string of the molecule is O=C(Nc1cc(-n2cncn2)ncn1)c1cccc(C(F)(F)F)c1. The third-order valence-electron chi connectivity index (χ3n) is 3.00. The largest absolute Gasteiger partial charge is 0.416 e. The molecular weight excluding hydrogens is 325 g/mol. The lowest BCUT2D eigenvalue weighted by Crippen LogP contribution is -2.15. The number of aromatic nitrogens is 5. The van der Waals surface area contributed by atoms with E-state index in [2.05, 4.69) is 25.4 Å². The van der Waals surface area contributed by atoms with Crippen molar-refractivity contribution >= 4 is 11.7 Å². The van der Waals surface area contributed by atoms with Crippen LogP contribution in [0.4, 0.5) is 19.0 Å². The molecule has 2 heterocycles. The minimum absolute atomic E-state index is 0.123. The van der Waals surface area contributed by atoms with E-state index in [1.807, 2.05) is 0 Å². The summed E-state index contributed by atoms with van der Waals surface area (Å²) in [6, 6.07) is 5.53. The van der Waals surface area contributed by atoms with E-state index in [9.17, 15) is 18.0 Å². The number of carbonyl (C=O) groups is 1. The number of rotatable bonds is 3. The fraction of sp³-hybridized carbons (Fsp3) is 0.0714. The zero-order chi connectivity index (χ0) is 17.2. The van der Waals surface area contributed by atoms with Crippen LogP contribution in [0.25, 0.3) is 5.82 Å². The molecule has 1 amide bonds. The first-order valence-corrected chi connectivity index (χ1v) is 6.59. The Labute approximate surface area is 133 Å². The lowest BCUT2D eigenvalue weighted by atomic mass is 10.1. The predicted molar refractivity (Wildman–Crippen MR) is 76.3 cm³/mol. The van der Waals surface area contributed by atoms with Crippen molar-refractivity contribution in [3.05, 3.63) is 60.4 Å². The molecule has 0 aliphatic carbocycles. The maximum Gasteiger partial charge on any atom is 0.416 e. The Morgan fingerprint density at radius 3 is 2.67 bits per heavy atom. The second-order valence-corrected chi connectivity index (χ2v) is 4.63. The molecule has 1 N–H and O–H groups in total. The maximum atomic E-state index is 12.7. The zero-order valence-electron chi connectivity index (χ0n) is 11.9. The van der Waals surface area contributed by atoms with Gasteiger partial charge >= 0.3 is 6.18 Å². The smallest absolute Gasteiger partial charge is 0.306 e. The topological polar surface area (TPSA) is 85.6 Å². The van der Waals surface area contributed by atoms with Crippen molar-refractivity contribution in [3.8, 4) is 5.82 Å². The summed E-state index contributed by atoms with van der Waals surface area (Å²) in [7, 11) is 0. The molecule has 0 spiro atoms. The van der Waals surface area contributed by atoms with E-state index >= 15 is 0 Å². The first-order chi connectivity index (χ1) is 11.4. The van der Waals surface area contributed by atoms with E-state index in [4.69, 9.17) is 0 Å². The first-order valence-electron chi connectivity index (χ1n) is 6.59. The van der Waals surface area contributed by atoms with Gasteiger partial charge in [-0.25, -0.2) is 19.6 Å². The number of amides is 1. The molecule has 0 fully saturated rings. The van der Waals surface area contributed by atoms with Crippen molar-refractivity contribution in [1.82, 2.24) is 24.7 Å². The van der Waals surface area contributed by atoms with Crippen LogP contribution in [0.5, 0.6) is 0 Å². The van der Waals surface area contributed by atoms with Crippen LogP contribution in [0.1, 0.15) is 15.9 Å². The van der Waals surface area contributed by atoms with Crippen LogP contribution in [0, 0.1) is 0 Å². The van der Waals surface area contributed by atoms with E-state index in [-0.39, 0.29) is 11.4 Å². The van der Waals surface area contributed by atoms with Crippen LogP contribution in [-0.4, -0.2) is 30.6 Å². The number of halogens is 3. The van der Waals surface area contributed by atoms with Crippen molar-refractivity contribution in [2.45, 2.75) is 6.18 Å². The molecule has 0 bridgehead atoms. The van der Waals surface area contributed by atoms with Gasteiger partial charge in [0.25, 0.3) is 5.91 Å². The summed E-state index contributed by atoms with van der Waals surface area (Å²) in [5, 5.41) is 6.30. The molecule has 0 aliphatic rings. The molecule has 3 rings (SSSR count). The monoisotopic (exact) mass is 334 g/mol. The summed E-state index contributed by atoms with van der Waals surface area (Å²) in [6.07, 6.45) is -0.617. The highest BCUT2D eigenvalue weighted by atomic mass is 19.4. The van der Waals surface area contributed by atoms with Gasteiger partial charge in [-0.2, -0.15) is 18.3 Å². The molecule has 0 aliphatic heterocycles. The van der Waals surface area contributed by atoms with E-state index in [0.717, 1.165) is 12.1 Å². The number of hydrogen-bond donors (Lipinski definition) is 1. The van der Waals surface area contributed by atoms with Gasteiger partial charge in [0, 0.05) is 11.6 Å². The number of nitrogens with zero attached hydrogens (tertiary/aromatic N) is 5. The summed E-state index contributed by atoms with van der Waals surface area (Å²) in [6.45, 7) is 0. The third kappa shape index (κ3) is 3.37. The fourth-order valence-electron chi connectivity index (χ4n) is 1.89. The first kappa shape index (κ1) is 15.6. The van der Waals surface area contributed by atoms with Crippen LogP contribution in [0.2, 0.25) is 0 Å². The second kappa shape index (κ2) is 6.07. The molecule has 0 saturated heterocycles. The molecule has 10 heteroatoms. The van der Waals surface area contributed by atoms with Crippen molar-refractivity contribution in [2.24, 2.45) is 0 Å². The van der Waals surface area contributed by atoms with E-state index in [1.54, 1.807) is 0 Å². The van der Waals surface area contributed by atoms with Gasteiger partial charge in [-0.05, 0) is 18.2 Å². The summed E-state index contributed by atoms with van der Waals surface area (Å²) in [4.78, 5) is 23.7. The van der Waals surface area contributed by atoms with Crippen LogP contribution >= 0.6 is 0 Å². The van der Waals surface area contributed by atoms with Gasteiger partial charge in [0.05, 0.1) is 5.56 Å². The Morgan fingerprint density at radius 2 is 1.96 bits per heavy atom. The lowest BCUT2D eigenvalue weighted by molar-refractivity contribution is -0.137. The summed E-state index contributed by atoms with van der Waals surface area (Å²) in [5.41, 5.74) is -1.04. The summed E-state index contributed by atoms with van der Waals surface area (Å²) in [5.74, 6) is -0.246. The Morgan fingerprint density at radius 1 is 1.12 bits per heavy atom. The van der Waals surface area contributed by atoms with E-state index in [0.29, 0.717) is 5.82 Å². The molecule has 2 aromatic heterocycles. The molecule has 24 heavy (non-hydrogen) atoms. The lowest BCUT2D eigenvalue weighted by Gasteiger charge is -2.09. The van der Waals surface area contributed by atoms with Gasteiger partial charge in [-0.15, -0.1) is 0 Å². The second-order valence-electron chi connectivity index (χ2n) is 4.63. The van der Waals surface area contributed by atoms with Crippen LogP contribution < -0.4 is 5.32 Å². The van der Waals surface area contributed by atoms with Crippen LogP contribution in [0.15, 0.2) is 49.3 Å². The third-order valence-corrected chi connectivity index (χ3v) is 3.00. The van der Waals surface area contributed by atoms with Gasteiger partial charge in [0.1, 0.15) is 24.8 Å². The van der Waals surface area contributed by atoms with Crippen molar-refractivity contribution in [2.75, 3.05) is 5.32 Å². The Bertz CT molecular complexity index is 863. The van der Waals surface area contributed by atoms with Crippen molar-refractivity contribution in [3.63, 3.8) is 0 Å². The molecular formula is C14H9F3N6O. The molecule has 7 nitrogen and oxygen atoms in total. The van der Waals surface area contributed by atoms with E-state index in [1.165, 1.54) is 41.9 Å². The highest BCUT2D eigenvalue weighted by molar-refractivity contribution is 6.03. The molecule has 122 valence electrons. The molecule has 0 saturated carbocycles. The molecule has 0 atom stereocenters. The maximum absolute atomic E-state index is 12.7. The van der Waals surface area contributed by atoms with Crippen molar-refractivity contribution in [1.29, 1.82) is 0 Å². The van der Waals surface area contributed by atoms with Gasteiger partial charge in [0.2, 0.25) is 0 Å². The molecule has 3 aromatic rings. The standard InChI is InChI=1S/C14H9F3N6O/c15-14(16,17)10-3-1-2-9(4-10)13(24)22-11-5-12(20-7-19-11)23-8-18-6-21-23/h1-8H,(H,19,20,22,24). The van der Waals surface area contributed by atoms with Crippen molar-refractivity contribution < 1.29 is 18.0 Å². The predicted octanol–water partition coefficient (Wildman–Crippen LogP) is 2.33.